The number of aromatic nitrogens is 13. The smallest absolute Gasteiger partial charge is 0.870 e. The van der Waals surface area contributed by atoms with Crippen LogP contribution in [-0.4, -0.2) is 174 Å². The van der Waals surface area contributed by atoms with Crippen LogP contribution in [0.25, 0.3) is 33.6 Å². The minimum Gasteiger partial charge on any atom is -0.870 e. The van der Waals surface area contributed by atoms with Crippen LogP contribution in [0.15, 0.2) is 253 Å². The Bertz CT molecular complexity index is 5310. The molecule has 4 aromatic carbocycles. The number of nitrogen functional groups attached to an aromatic ring is 1. The van der Waals surface area contributed by atoms with E-state index in [4.69, 9.17) is 82.2 Å². The maximum absolute atomic E-state index is 9.85. The molecule has 30 nitrogen and oxygen atoms in total. The van der Waals surface area contributed by atoms with E-state index in [0.717, 1.165) is 196 Å². The fourth-order valence-corrected chi connectivity index (χ4v) is 14.5. The summed E-state index contributed by atoms with van der Waals surface area (Å²) < 4.78 is 1.63. The molecular formula is C89H98B2Br2Cl4LiN21O9. The minimum absolute atomic E-state index is 0. The van der Waals surface area contributed by atoms with Gasteiger partial charge in [-0.1, -0.05) is 65.1 Å². The zero-order valence-electron chi connectivity index (χ0n) is 69.9. The molecule has 4 fully saturated rings. The number of nitrogens with one attached hydrogen (secondary N) is 7. The van der Waals surface area contributed by atoms with Crippen molar-refractivity contribution in [2.75, 3.05) is 43.0 Å². The number of halogens is 6. The van der Waals surface area contributed by atoms with E-state index in [-0.39, 0.29) is 71.7 Å². The maximum Gasteiger partial charge on any atom is 1.00 e. The summed E-state index contributed by atoms with van der Waals surface area (Å²) in [6.07, 6.45) is 31.9. The Kier molecular flexibility index (Phi) is 42.6. The molecule has 0 aliphatic heterocycles. The normalized spacial score (nSPS) is 17.6. The number of aliphatic hydroxyl groups excluding tert-OH is 4. The van der Waals surface area contributed by atoms with Crippen molar-refractivity contribution in [3.63, 3.8) is 0 Å². The molecular weight excluding hydrogens is 1840 g/mol. The molecule has 9 aromatic heterocycles. The van der Waals surface area contributed by atoms with Gasteiger partial charge in [0.1, 0.15) is 23.3 Å². The Morgan fingerprint density at radius 1 is 0.336 bits per heavy atom. The van der Waals surface area contributed by atoms with Crippen molar-refractivity contribution in [3.8, 4) is 33.6 Å². The van der Waals surface area contributed by atoms with Crippen molar-refractivity contribution in [2.45, 2.75) is 151 Å². The summed E-state index contributed by atoms with van der Waals surface area (Å²) in [5.74, 6) is 4.52. The van der Waals surface area contributed by atoms with Crippen LogP contribution in [0.1, 0.15) is 103 Å². The molecule has 0 unspecified atom stereocenters. The van der Waals surface area contributed by atoms with Gasteiger partial charge >= 0.3 is 33.1 Å². The monoisotopic (exact) mass is 1930 g/mol. The van der Waals surface area contributed by atoms with Crippen LogP contribution in [0.2, 0.25) is 20.4 Å². The van der Waals surface area contributed by atoms with E-state index in [1.165, 1.54) is 18.6 Å². The second-order valence-electron chi connectivity index (χ2n) is 29.7. The van der Waals surface area contributed by atoms with E-state index in [9.17, 15) is 20.4 Å². The van der Waals surface area contributed by atoms with Gasteiger partial charge < -0.3 is 88.9 Å². The fraction of sp³-hybridized carbons (Fsp3) is 0.270. The third-order valence-corrected chi connectivity index (χ3v) is 22.3. The van der Waals surface area contributed by atoms with Gasteiger partial charge in [-0.05, 0) is 308 Å². The molecule has 18 N–H and O–H groups in total. The van der Waals surface area contributed by atoms with E-state index in [1.807, 2.05) is 115 Å². The van der Waals surface area contributed by atoms with Crippen LogP contribution in [0.4, 0.5) is 63.9 Å². The minimum atomic E-state index is -1.45. The number of pyridine rings is 5. The predicted octanol–water partition coefficient (Wildman–Crippen LogP) is 12.9. The summed E-state index contributed by atoms with van der Waals surface area (Å²) in [6, 6.07) is 54.8. The van der Waals surface area contributed by atoms with Crippen LogP contribution >= 0.6 is 78.3 Å². The van der Waals surface area contributed by atoms with Gasteiger partial charge in [0.2, 0.25) is 23.1 Å². The quantitative estimate of drug-likeness (QED) is 0.0203. The number of nitrogens with two attached hydrogens (primary N) is 1. The molecule has 0 radical (unpaired) electrons. The zero-order valence-corrected chi connectivity index (χ0v) is 76.1. The van der Waals surface area contributed by atoms with E-state index in [2.05, 4.69) is 136 Å². The third-order valence-electron chi connectivity index (χ3n) is 20.3. The first-order valence-corrected chi connectivity index (χ1v) is 44.1. The van der Waals surface area contributed by atoms with Gasteiger partial charge in [0, 0.05) is 130 Å². The number of anilines is 11. The fourth-order valence-electron chi connectivity index (χ4n) is 13.4. The second kappa shape index (κ2) is 53.7. The van der Waals surface area contributed by atoms with E-state index >= 15 is 0 Å². The first kappa shape index (κ1) is 102. The Morgan fingerprint density at radius 3 is 1.01 bits per heavy atom. The van der Waals surface area contributed by atoms with Crippen molar-refractivity contribution >= 4 is 167 Å². The summed E-state index contributed by atoms with van der Waals surface area (Å²) >= 11 is 30.0. The number of aliphatic hydroxyl groups is 4. The number of nitrogens with zero attached hydrogens (tertiary/aromatic N) is 13. The van der Waals surface area contributed by atoms with Crippen molar-refractivity contribution in [1.82, 2.24) is 64.8 Å². The zero-order chi connectivity index (χ0) is 88.9. The SMILES string of the molecule is Nc1ccc(Cl)cc1.OB(O)c1ccccn1.OB(O)c1ccncc1.OC1CCC(Nc2nc(Cl)ncc2Br)CC1.OC1CCC(Nc2nc(Nc3ccc(-c4ccncc4)cc3)ncc2-c2ccccn2)CC1.OC1CCC(Nc2nc(Nc3ccc(Cl)cc3)ncc2-c2ccccn2)CC1.OC1CCC(Nc2nc(Nc3ccc(Cl)cc3)ncc2Br)CC1.[Li+].[OH-]. The predicted molar refractivity (Wildman–Crippen MR) is 511 cm³/mol. The average molecular weight is 1940 g/mol. The van der Waals surface area contributed by atoms with Crippen molar-refractivity contribution in [3.05, 3.63) is 273 Å². The topological polar surface area (TPSA) is 470 Å². The molecule has 0 bridgehead atoms. The largest absolute Gasteiger partial charge is 1.00 e. The molecule has 128 heavy (non-hydrogen) atoms. The third kappa shape index (κ3) is 34.7. The van der Waals surface area contributed by atoms with Gasteiger partial charge in [-0.2, -0.15) is 19.9 Å². The molecule has 0 amide bonds. The molecule has 0 spiro atoms. The Hall–Kier alpha value is -10.2. The summed E-state index contributed by atoms with van der Waals surface area (Å²) in [4.78, 5) is 55.7. The maximum atomic E-state index is 9.85. The molecule has 39 heteroatoms. The first-order valence-electron chi connectivity index (χ1n) is 41.0. The number of hydrogen-bond donors (Lipinski definition) is 16. The molecule has 17 rings (SSSR count). The molecule has 4 saturated carbocycles. The van der Waals surface area contributed by atoms with Gasteiger partial charge in [-0.3, -0.25) is 24.9 Å². The standard InChI is InChI=1S/C26H26N6O.C21H22ClN5O.C16H18BrClN4O.C10H13BrClN3O.C6H6ClN.2C5H6BNO2.Li.H2O/c33-22-10-8-20(9-11-22)30-25-23(24-3-1-2-14-28-24)17-29-26(32-25)31-21-6-4-18(5-7-21)19-12-15-27-16-13-19;22-14-4-6-16(7-5-14)26-21-24-13-18(19-3-1-2-12-23-19)20(27-21)25-15-8-10-17(28)11-9-15;17-14-9-19-16(21-12-3-1-10(18)2-4-12)22-15(14)20-11-5-7-13(23)8-6-11;11-8-5-13-10(12)15-9(8)14-6-1-3-7(16)4-2-6;7-5-1-3-6(8)4-2-5;8-6(9)5-1-3-7-4-2-5;8-6(9)5-3-1-2-4-7-5;;/h1-7,12-17,20,22,33H,8-11H2,(H2,29,30,31,32);1-7,12-13,15,17,28H,8-11H2,(H2,24,25,26,27);1-4,9,11,13,23H,5-8H2,(H2,19,20,21,22);5-7,16H,1-4H2,(H,13,14,15);1-4H,8H2;2*1-4,8-9H;;1H2/q;;;;;;;+1;/p-1. The first-order chi connectivity index (χ1) is 61.1. The van der Waals surface area contributed by atoms with Crippen LogP contribution < -0.4 is 72.9 Å². The van der Waals surface area contributed by atoms with Crippen molar-refractivity contribution in [2.24, 2.45) is 0 Å². The van der Waals surface area contributed by atoms with Crippen LogP contribution in [-0.2, 0) is 0 Å². The Balaban J connectivity index is 0.000000178. The van der Waals surface area contributed by atoms with Gasteiger partial charge in [0.15, 0.2) is 0 Å². The molecule has 4 aliphatic rings. The van der Waals surface area contributed by atoms with Crippen LogP contribution in [0.5, 0.6) is 0 Å². The summed E-state index contributed by atoms with van der Waals surface area (Å²) in [7, 11) is -2.83. The average Bonchev–Trinajstić information content (AvgIpc) is 0.918. The summed E-state index contributed by atoms with van der Waals surface area (Å²) in [5, 5.41) is 98.6. The van der Waals surface area contributed by atoms with Gasteiger partial charge in [-0.25, -0.2) is 19.9 Å². The van der Waals surface area contributed by atoms with Crippen molar-refractivity contribution in [1.29, 1.82) is 0 Å². The van der Waals surface area contributed by atoms with Crippen LogP contribution in [0, 0.1) is 0 Å². The number of hydrogen-bond acceptors (Lipinski definition) is 30. The molecule has 13 aromatic rings. The Morgan fingerprint density at radius 2 is 0.664 bits per heavy atom. The summed E-state index contributed by atoms with van der Waals surface area (Å²) in [6.45, 7) is 0. The second-order valence-corrected chi connectivity index (χ2v) is 33.1. The van der Waals surface area contributed by atoms with Gasteiger partial charge in [0.25, 0.3) is 0 Å². The molecule has 0 atom stereocenters. The van der Waals surface area contributed by atoms with Crippen LogP contribution in [0.3, 0.4) is 0 Å². The van der Waals surface area contributed by atoms with Gasteiger partial charge in [0.05, 0.1) is 61.5 Å². The van der Waals surface area contributed by atoms with E-state index in [0.29, 0.717) is 45.4 Å². The van der Waals surface area contributed by atoms with E-state index < -0.39 is 14.2 Å². The molecule has 662 valence electrons. The molecule has 4 aliphatic carbocycles. The van der Waals surface area contributed by atoms with E-state index in [1.54, 1.807) is 98.0 Å². The number of rotatable bonds is 19. The molecule has 0 saturated heterocycles. The van der Waals surface area contributed by atoms with Crippen molar-refractivity contribution < 1.29 is 64.9 Å². The number of benzene rings is 4. The summed E-state index contributed by atoms with van der Waals surface area (Å²) in [5.41, 5.74) is 15.1. The molecule has 9 heterocycles. The van der Waals surface area contributed by atoms with Gasteiger partial charge in [-0.15, -0.1) is 0 Å². The Labute approximate surface area is 792 Å².